The van der Waals surface area contributed by atoms with Gasteiger partial charge in [0.2, 0.25) is 0 Å². The molecule has 0 radical (unpaired) electrons. The van der Waals surface area contributed by atoms with Gasteiger partial charge in [0, 0.05) is 0 Å². The molecule has 0 unspecified atom stereocenters. The third-order valence-electron chi connectivity index (χ3n) is 3.50. The minimum Gasteiger partial charge on any atom is -0.449 e. The molecular formula is C17H16N2O5S2. The Labute approximate surface area is 155 Å². The lowest BCUT2D eigenvalue weighted by molar-refractivity contribution is -0.123. The zero-order chi connectivity index (χ0) is 19.3. The van der Waals surface area contributed by atoms with Crippen molar-refractivity contribution in [2.24, 2.45) is 0 Å². The van der Waals surface area contributed by atoms with Crippen LogP contribution in [-0.4, -0.2) is 32.2 Å². The number of benzene rings is 1. The molecule has 0 aliphatic heterocycles. The number of esters is 1. The van der Waals surface area contributed by atoms with E-state index in [1.807, 2.05) is 6.07 Å². The number of amides is 1. The fourth-order valence-electron chi connectivity index (χ4n) is 2.05. The van der Waals surface area contributed by atoms with Crippen molar-refractivity contribution in [2.75, 3.05) is 11.1 Å². The molecule has 26 heavy (non-hydrogen) atoms. The number of nitriles is 1. The first-order valence-electron chi connectivity index (χ1n) is 7.61. The largest absolute Gasteiger partial charge is 0.449 e. The SMILES string of the molecule is CCS(=O)(=O)c1ccccc1C(=O)O[C@@H](C)C(=O)Nc1sccc1C#N. The molecule has 2 rings (SSSR count). The molecule has 136 valence electrons. The Morgan fingerprint density at radius 1 is 1.31 bits per heavy atom. The van der Waals surface area contributed by atoms with Gasteiger partial charge in [-0.1, -0.05) is 19.1 Å². The molecule has 2 aromatic rings. The van der Waals surface area contributed by atoms with Crippen molar-refractivity contribution < 1.29 is 22.7 Å². The van der Waals surface area contributed by atoms with Crippen molar-refractivity contribution in [3.63, 3.8) is 0 Å². The molecule has 1 amide bonds. The van der Waals surface area contributed by atoms with E-state index in [-0.39, 0.29) is 16.2 Å². The number of thiophene rings is 1. The second-order valence-electron chi connectivity index (χ2n) is 5.21. The van der Waals surface area contributed by atoms with Gasteiger partial charge in [-0.3, -0.25) is 4.79 Å². The van der Waals surface area contributed by atoms with Crippen LogP contribution in [0.25, 0.3) is 0 Å². The topological polar surface area (TPSA) is 113 Å². The Morgan fingerprint density at radius 3 is 2.65 bits per heavy atom. The molecule has 0 bridgehead atoms. The van der Waals surface area contributed by atoms with Crippen LogP contribution in [0.5, 0.6) is 0 Å². The summed E-state index contributed by atoms with van der Waals surface area (Å²) in [4.78, 5) is 24.4. The van der Waals surface area contributed by atoms with Crippen LogP contribution in [0, 0.1) is 11.3 Å². The van der Waals surface area contributed by atoms with Crippen molar-refractivity contribution >= 4 is 38.1 Å². The number of ether oxygens (including phenoxy) is 1. The predicted molar refractivity (Wildman–Crippen MR) is 96.7 cm³/mol. The lowest BCUT2D eigenvalue weighted by atomic mass is 10.2. The number of sulfone groups is 1. The van der Waals surface area contributed by atoms with Crippen LogP contribution in [0.3, 0.4) is 0 Å². The number of carbonyl (C=O) groups excluding carboxylic acids is 2. The lowest BCUT2D eigenvalue weighted by Crippen LogP contribution is -2.30. The normalized spacial score (nSPS) is 12.0. The van der Waals surface area contributed by atoms with Gasteiger partial charge in [-0.2, -0.15) is 5.26 Å². The van der Waals surface area contributed by atoms with E-state index in [0.717, 1.165) is 0 Å². The van der Waals surface area contributed by atoms with E-state index >= 15 is 0 Å². The summed E-state index contributed by atoms with van der Waals surface area (Å²) in [5.41, 5.74) is 0.184. The second kappa shape index (κ2) is 8.12. The number of hydrogen-bond donors (Lipinski definition) is 1. The number of nitrogens with one attached hydrogen (secondary N) is 1. The van der Waals surface area contributed by atoms with E-state index in [4.69, 9.17) is 10.00 Å². The number of anilines is 1. The lowest BCUT2D eigenvalue weighted by Gasteiger charge is -2.14. The van der Waals surface area contributed by atoms with Crippen LogP contribution in [0.15, 0.2) is 40.6 Å². The van der Waals surface area contributed by atoms with E-state index in [2.05, 4.69) is 5.32 Å². The third kappa shape index (κ3) is 4.28. The molecule has 0 spiro atoms. The van der Waals surface area contributed by atoms with Gasteiger partial charge in [-0.25, -0.2) is 13.2 Å². The van der Waals surface area contributed by atoms with Crippen LogP contribution in [0.2, 0.25) is 0 Å². The minimum atomic E-state index is -3.62. The molecule has 9 heteroatoms. The molecule has 1 aromatic carbocycles. The van der Waals surface area contributed by atoms with Gasteiger partial charge < -0.3 is 10.1 Å². The zero-order valence-electron chi connectivity index (χ0n) is 14.1. The van der Waals surface area contributed by atoms with Crippen LogP contribution in [0.4, 0.5) is 5.00 Å². The van der Waals surface area contributed by atoms with Crippen molar-refractivity contribution in [2.45, 2.75) is 24.8 Å². The summed E-state index contributed by atoms with van der Waals surface area (Å²) in [5.74, 6) is -1.69. The highest BCUT2D eigenvalue weighted by Crippen LogP contribution is 2.23. The highest BCUT2D eigenvalue weighted by atomic mass is 32.2. The minimum absolute atomic E-state index is 0.122. The molecule has 1 N–H and O–H groups in total. The van der Waals surface area contributed by atoms with E-state index in [1.165, 1.54) is 49.4 Å². The average molecular weight is 392 g/mol. The molecule has 1 aromatic heterocycles. The Kier molecular flexibility index (Phi) is 6.13. The number of nitrogens with zero attached hydrogens (tertiary/aromatic N) is 1. The molecule has 1 heterocycles. The van der Waals surface area contributed by atoms with Crippen molar-refractivity contribution in [3.8, 4) is 6.07 Å². The number of carbonyl (C=O) groups is 2. The van der Waals surface area contributed by atoms with Gasteiger partial charge in [0.1, 0.15) is 11.1 Å². The first-order chi connectivity index (χ1) is 12.3. The fraction of sp³-hybridized carbons (Fsp3) is 0.235. The highest BCUT2D eigenvalue weighted by molar-refractivity contribution is 7.91. The van der Waals surface area contributed by atoms with Crippen molar-refractivity contribution in [1.29, 1.82) is 5.26 Å². The smallest absolute Gasteiger partial charge is 0.340 e. The Morgan fingerprint density at radius 2 is 2.00 bits per heavy atom. The van der Waals surface area contributed by atoms with Gasteiger partial charge in [-0.15, -0.1) is 11.3 Å². The number of hydrogen-bond acceptors (Lipinski definition) is 7. The fourth-order valence-corrected chi connectivity index (χ4v) is 3.87. The summed E-state index contributed by atoms with van der Waals surface area (Å²) in [5, 5.41) is 13.5. The summed E-state index contributed by atoms with van der Waals surface area (Å²) >= 11 is 1.17. The van der Waals surface area contributed by atoms with E-state index in [1.54, 1.807) is 11.4 Å². The summed E-state index contributed by atoms with van der Waals surface area (Å²) in [7, 11) is -3.62. The average Bonchev–Trinajstić information content (AvgIpc) is 3.08. The molecule has 0 fully saturated rings. The monoisotopic (exact) mass is 392 g/mol. The molecular weight excluding hydrogens is 376 g/mol. The second-order valence-corrected chi connectivity index (χ2v) is 8.37. The molecule has 0 aliphatic rings. The quantitative estimate of drug-likeness (QED) is 0.756. The maximum absolute atomic E-state index is 12.4. The molecule has 0 aliphatic carbocycles. The van der Waals surface area contributed by atoms with Gasteiger partial charge in [0.05, 0.1) is 21.8 Å². The summed E-state index contributed by atoms with van der Waals surface area (Å²) < 4.78 is 29.3. The predicted octanol–water partition coefficient (Wildman–Crippen LogP) is 2.60. The first-order valence-corrected chi connectivity index (χ1v) is 10.1. The Bertz CT molecular complexity index is 973. The summed E-state index contributed by atoms with van der Waals surface area (Å²) in [6.45, 7) is 2.84. The number of rotatable bonds is 6. The van der Waals surface area contributed by atoms with Crippen LogP contribution in [-0.2, 0) is 19.4 Å². The Hall–Kier alpha value is -2.70. The molecule has 7 nitrogen and oxygen atoms in total. The Balaban J connectivity index is 2.15. The van der Waals surface area contributed by atoms with E-state index in [9.17, 15) is 18.0 Å². The first kappa shape index (κ1) is 19.6. The molecule has 0 saturated heterocycles. The van der Waals surface area contributed by atoms with Gasteiger partial charge >= 0.3 is 5.97 Å². The summed E-state index contributed by atoms with van der Waals surface area (Å²) in [6.07, 6.45) is -1.17. The third-order valence-corrected chi connectivity index (χ3v) is 6.11. The van der Waals surface area contributed by atoms with Crippen molar-refractivity contribution in [1.82, 2.24) is 0 Å². The standard InChI is InChI=1S/C17H16N2O5S2/c1-3-26(22,23)14-7-5-4-6-13(14)17(21)24-11(2)15(20)19-16-12(10-18)8-9-25-16/h4-9,11H,3H2,1-2H3,(H,19,20)/t11-/m0/s1. The molecule has 0 saturated carbocycles. The van der Waals surface area contributed by atoms with Gasteiger partial charge in [-0.05, 0) is 30.5 Å². The van der Waals surface area contributed by atoms with E-state index < -0.39 is 27.8 Å². The van der Waals surface area contributed by atoms with Crippen molar-refractivity contribution in [3.05, 3.63) is 46.8 Å². The van der Waals surface area contributed by atoms with E-state index in [0.29, 0.717) is 10.6 Å². The summed E-state index contributed by atoms with van der Waals surface area (Å²) in [6, 6.07) is 9.18. The van der Waals surface area contributed by atoms with Crippen LogP contribution >= 0.6 is 11.3 Å². The van der Waals surface area contributed by atoms with Crippen LogP contribution < -0.4 is 5.32 Å². The van der Waals surface area contributed by atoms with Crippen LogP contribution in [0.1, 0.15) is 29.8 Å². The maximum atomic E-state index is 12.4. The van der Waals surface area contributed by atoms with Gasteiger partial charge in [0.15, 0.2) is 15.9 Å². The zero-order valence-corrected chi connectivity index (χ0v) is 15.7. The highest BCUT2D eigenvalue weighted by Gasteiger charge is 2.25. The van der Waals surface area contributed by atoms with Gasteiger partial charge in [0.25, 0.3) is 5.91 Å². The molecule has 1 atom stereocenters. The maximum Gasteiger partial charge on any atom is 0.340 e.